The summed E-state index contributed by atoms with van der Waals surface area (Å²) in [6.07, 6.45) is -3.85. The maximum atomic E-state index is 12.4. The van der Waals surface area contributed by atoms with Gasteiger partial charge in [0.15, 0.2) is 0 Å². The van der Waals surface area contributed by atoms with Gasteiger partial charge in [-0.3, -0.25) is 0 Å². The first-order valence-electron chi connectivity index (χ1n) is 4.36. The average molecular weight is 196 g/mol. The van der Waals surface area contributed by atoms with Crippen molar-refractivity contribution in [3.8, 4) is 0 Å². The van der Waals surface area contributed by atoms with Crippen molar-refractivity contribution >= 4 is 0 Å². The van der Waals surface area contributed by atoms with Crippen molar-refractivity contribution in [2.24, 2.45) is 5.92 Å². The molecule has 0 radical (unpaired) electrons. The van der Waals surface area contributed by atoms with Crippen LogP contribution in [0.4, 0.5) is 13.2 Å². The number of alkyl halides is 3. The molecule has 0 saturated carbocycles. The van der Waals surface area contributed by atoms with Gasteiger partial charge >= 0.3 is 6.18 Å². The Kier molecular flexibility index (Phi) is 3.18. The van der Waals surface area contributed by atoms with Gasteiger partial charge in [0.25, 0.3) is 0 Å². The molecule has 1 aliphatic heterocycles. The molecule has 0 amide bonds. The predicted octanol–water partition coefficient (Wildman–Crippen LogP) is 1.09. The Morgan fingerprint density at radius 1 is 1.31 bits per heavy atom. The van der Waals surface area contributed by atoms with Gasteiger partial charge in [-0.15, -0.1) is 0 Å². The molecule has 0 bridgehead atoms. The molecule has 1 fully saturated rings. The lowest BCUT2D eigenvalue weighted by atomic mass is 9.94. The van der Waals surface area contributed by atoms with Gasteiger partial charge in [0, 0.05) is 19.1 Å². The third-order valence-corrected chi connectivity index (χ3v) is 2.50. The quantitative estimate of drug-likeness (QED) is 0.675. The smallest absolute Gasteiger partial charge is 0.316 e. The second-order valence-electron chi connectivity index (χ2n) is 3.68. The van der Waals surface area contributed by atoms with E-state index in [0.717, 1.165) is 0 Å². The Hall–Kier alpha value is -0.290. The van der Waals surface area contributed by atoms with Gasteiger partial charge in [0.1, 0.15) is 0 Å². The van der Waals surface area contributed by atoms with Gasteiger partial charge in [-0.2, -0.15) is 13.2 Å². The van der Waals surface area contributed by atoms with Crippen LogP contribution < -0.4 is 5.32 Å². The highest BCUT2D eigenvalue weighted by Gasteiger charge is 2.43. The van der Waals surface area contributed by atoms with E-state index in [4.69, 9.17) is 0 Å². The van der Waals surface area contributed by atoms with E-state index in [2.05, 4.69) is 5.32 Å². The van der Waals surface area contributed by atoms with E-state index in [0.29, 0.717) is 6.54 Å². The van der Waals surface area contributed by atoms with E-state index in [-0.39, 0.29) is 19.0 Å². The van der Waals surface area contributed by atoms with Crippen LogP contribution in [0.2, 0.25) is 0 Å². The third kappa shape index (κ3) is 2.84. The first kappa shape index (κ1) is 10.8. The average Bonchev–Trinajstić information content (AvgIpc) is 2.01. The molecule has 1 aliphatic rings. The fraction of sp³-hybridized carbons (Fsp3) is 1.00. The summed E-state index contributed by atoms with van der Waals surface area (Å²) in [4.78, 5) is 1.73. The number of nitrogens with one attached hydrogen (secondary N) is 1. The normalized spacial score (nSPS) is 32.1. The molecule has 2 nitrogen and oxygen atoms in total. The van der Waals surface area contributed by atoms with Crippen LogP contribution >= 0.6 is 0 Å². The van der Waals surface area contributed by atoms with Crippen molar-refractivity contribution in [2.45, 2.75) is 18.6 Å². The molecule has 1 rings (SSSR count). The van der Waals surface area contributed by atoms with Crippen LogP contribution in [0.1, 0.15) is 6.42 Å². The van der Waals surface area contributed by atoms with Crippen molar-refractivity contribution in [3.63, 3.8) is 0 Å². The molecule has 0 aromatic carbocycles. The van der Waals surface area contributed by atoms with Crippen molar-refractivity contribution in [3.05, 3.63) is 0 Å². The molecule has 0 aromatic rings. The van der Waals surface area contributed by atoms with E-state index in [1.165, 1.54) is 0 Å². The Morgan fingerprint density at radius 2 is 1.92 bits per heavy atom. The number of nitrogens with zero attached hydrogens (tertiary/aromatic N) is 1. The van der Waals surface area contributed by atoms with Crippen LogP contribution in [0.3, 0.4) is 0 Å². The number of likely N-dealkylation sites (N-methyl/N-ethyl adjacent to an activating group) is 2. The predicted molar refractivity (Wildman–Crippen MR) is 44.5 cm³/mol. The van der Waals surface area contributed by atoms with Crippen molar-refractivity contribution < 1.29 is 13.2 Å². The number of hydrogen-bond donors (Lipinski definition) is 1. The van der Waals surface area contributed by atoms with Crippen LogP contribution in [-0.4, -0.2) is 44.3 Å². The van der Waals surface area contributed by atoms with Gasteiger partial charge < -0.3 is 10.2 Å². The summed E-state index contributed by atoms with van der Waals surface area (Å²) in [5.41, 5.74) is 0. The first-order chi connectivity index (χ1) is 5.93. The topological polar surface area (TPSA) is 15.3 Å². The second kappa shape index (κ2) is 3.84. The SMILES string of the molecule is CNC1CC(C(F)(F)F)CN(C)C1. The summed E-state index contributed by atoms with van der Waals surface area (Å²) < 4.78 is 37.1. The van der Waals surface area contributed by atoms with E-state index in [9.17, 15) is 13.2 Å². The molecule has 0 aliphatic carbocycles. The summed E-state index contributed by atoms with van der Waals surface area (Å²) in [6, 6.07) is -0.0367. The fourth-order valence-electron chi connectivity index (χ4n) is 1.77. The van der Waals surface area contributed by atoms with Gasteiger partial charge in [-0.25, -0.2) is 0 Å². The summed E-state index contributed by atoms with van der Waals surface area (Å²) in [5.74, 6) is -1.18. The standard InChI is InChI=1S/C8H15F3N2/c1-12-7-3-6(8(9,10)11)4-13(2)5-7/h6-7,12H,3-5H2,1-2H3. The van der Waals surface area contributed by atoms with Gasteiger partial charge in [-0.1, -0.05) is 0 Å². The van der Waals surface area contributed by atoms with E-state index >= 15 is 0 Å². The highest BCUT2D eigenvalue weighted by Crippen LogP contribution is 2.32. The molecule has 1 heterocycles. The lowest BCUT2D eigenvalue weighted by molar-refractivity contribution is -0.187. The Labute approximate surface area is 76.1 Å². The molecular weight excluding hydrogens is 181 g/mol. The molecule has 2 unspecified atom stereocenters. The minimum Gasteiger partial charge on any atom is -0.316 e. The third-order valence-electron chi connectivity index (χ3n) is 2.50. The highest BCUT2D eigenvalue weighted by atomic mass is 19.4. The molecule has 5 heteroatoms. The molecule has 2 atom stereocenters. The molecule has 0 aromatic heterocycles. The van der Waals surface area contributed by atoms with Crippen LogP contribution in [-0.2, 0) is 0 Å². The molecular formula is C8H15F3N2. The van der Waals surface area contributed by atoms with Crippen LogP contribution in [0.15, 0.2) is 0 Å². The van der Waals surface area contributed by atoms with Crippen molar-refractivity contribution in [1.82, 2.24) is 10.2 Å². The zero-order valence-corrected chi connectivity index (χ0v) is 7.86. The zero-order valence-electron chi connectivity index (χ0n) is 7.86. The van der Waals surface area contributed by atoms with Gasteiger partial charge in [-0.05, 0) is 20.5 Å². The summed E-state index contributed by atoms with van der Waals surface area (Å²) in [5, 5.41) is 2.89. The second-order valence-corrected chi connectivity index (χ2v) is 3.68. The number of halogens is 3. The number of likely N-dealkylation sites (tertiary alicyclic amines) is 1. The maximum absolute atomic E-state index is 12.4. The Morgan fingerprint density at radius 3 is 2.38 bits per heavy atom. The molecule has 13 heavy (non-hydrogen) atoms. The molecule has 1 N–H and O–H groups in total. The molecule has 0 spiro atoms. The lowest BCUT2D eigenvalue weighted by Crippen LogP contribution is -2.50. The Bertz CT molecular complexity index is 169. The molecule has 78 valence electrons. The highest BCUT2D eigenvalue weighted by molar-refractivity contribution is 4.84. The van der Waals surface area contributed by atoms with Crippen LogP contribution in [0.5, 0.6) is 0 Å². The monoisotopic (exact) mass is 196 g/mol. The number of hydrogen-bond acceptors (Lipinski definition) is 2. The van der Waals surface area contributed by atoms with Crippen molar-refractivity contribution in [1.29, 1.82) is 0 Å². The number of piperidine rings is 1. The van der Waals surface area contributed by atoms with E-state index in [1.54, 1.807) is 19.0 Å². The first-order valence-corrected chi connectivity index (χ1v) is 4.36. The lowest BCUT2D eigenvalue weighted by Gasteiger charge is -2.36. The summed E-state index contributed by atoms with van der Waals surface area (Å²) in [7, 11) is 3.43. The minimum atomic E-state index is -4.05. The summed E-state index contributed by atoms with van der Waals surface area (Å²) in [6.45, 7) is 0.824. The minimum absolute atomic E-state index is 0.0367. The molecule has 1 saturated heterocycles. The van der Waals surface area contributed by atoms with Crippen LogP contribution in [0, 0.1) is 5.92 Å². The Balaban J connectivity index is 2.57. The van der Waals surface area contributed by atoms with E-state index < -0.39 is 12.1 Å². The summed E-state index contributed by atoms with van der Waals surface area (Å²) >= 11 is 0. The largest absolute Gasteiger partial charge is 0.393 e. The maximum Gasteiger partial charge on any atom is 0.393 e. The van der Waals surface area contributed by atoms with Crippen LogP contribution in [0.25, 0.3) is 0 Å². The fourth-order valence-corrected chi connectivity index (χ4v) is 1.77. The van der Waals surface area contributed by atoms with E-state index in [1.807, 2.05) is 0 Å². The van der Waals surface area contributed by atoms with Crippen molar-refractivity contribution in [2.75, 3.05) is 27.2 Å². The van der Waals surface area contributed by atoms with Gasteiger partial charge in [0.05, 0.1) is 5.92 Å². The zero-order chi connectivity index (χ0) is 10.1. The number of rotatable bonds is 1. The van der Waals surface area contributed by atoms with Gasteiger partial charge in [0.2, 0.25) is 0 Å².